The fourth-order valence-corrected chi connectivity index (χ4v) is 1.39. The second-order valence-electron chi connectivity index (χ2n) is 3.43. The molecule has 1 aromatic heterocycles. The van der Waals surface area contributed by atoms with Crippen molar-refractivity contribution in [1.82, 2.24) is 10.3 Å². The van der Waals surface area contributed by atoms with Crippen LogP contribution in [0.1, 0.15) is 16.1 Å². The molecule has 0 aliphatic heterocycles. The number of Topliss-reactive ketones (excluding diaryl/α,β-unsaturated/α-hetero) is 1. The smallest absolute Gasteiger partial charge is 0.191 e. The standard InChI is InChI=1S/C11H11N3O3/c1-16-8-4-2-3-7(5-8)10(15)6-9-11(12)14-17-13-9/h2-5H,6H2,1H3,(H2,12,14). The van der Waals surface area contributed by atoms with Gasteiger partial charge >= 0.3 is 0 Å². The number of nitrogens with zero attached hydrogens (tertiary/aromatic N) is 2. The minimum absolute atomic E-state index is 0.0580. The maximum absolute atomic E-state index is 11.9. The van der Waals surface area contributed by atoms with Crippen LogP contribution in [-0.4, -0.2) is 23.2 Å². The molecule has 88 valence electrons. The Labute approximate surface area is 97.3 Å². The lowest BCUT2D eigenvalue weighted by Crippen LogP contribution is -2.06. The van der Waals surface area contributed by atoms with Gasteiger partial charge in [0, 0.05) is 5.56 Å². The summed E-state index contributed by atoms with van der Waals surface area (Å²) in [5.74, 6) is 0.648. The summed E-state index contributed by atoms with van der Waals surface area (Å²) in [5.41, 5.74) is 6.36. The molecule has 1 heterocycles. The van der Waals surface area contributed by atoms with E-state index in [2.05, 4.69) is 14.9 Å². The number of nitrogens with two attached hydrogens (primary N) is 1. The number of carbonyl (C=O) groups excluding carboxylic acids is 1. The molecule has 2 N–H and O–H groups in total. The molecule has 2 rings (SSSR count). The normalized spacial score (nSPS) is 10.2. The van der Waals surface area contributed by atoms with Crippen molar-refractivity contribution in [3.8, 4) is 5.75 Å². The topological polar surface area (TPSA) is 91.2 Å². The van der Waals surface area contributed by atoms with Crippen LogP contribution < -0.4 is 10.5 Å². The van der Waals surface area contributed by atoms with Crippen LogP contribution in [0, 0.1) is 0 Å². The first-order valence-corrected chi connectivity index (χ1v) is 4.95. The predicted molar refractivity (Wildman–Crippen MR) is 59.7 cm³/mol. The highest BCUT2D eigenvalue weighted by atomic mass is 16.6. The lowest BCUT2D eigenvalue weighted by atomic mass is 10.1. The molecule has 2 aromatic rings. The first kappa shape index (κ1) is 11.1. The summed E-state index contributed by atoms with van der Waals surface area (Å²) < 4.78 is 9.47. The van der Waals surface area contributed by atoms with Crippen molar-refractivity contribution in [1.29, 1.82) is 0 Å². The van der Waals surface area contributed by atoms with Gasteiger partial charge in [0.15, 0.2) is 11.6 Å². The Kier molecular flexibility index (Phi) is 3.04. The monoisotopic (exact) mass is 233 g/mol. The van der Waals surface area contributed by atoms with Crippen LogP contribution >= 0.6 is 0 Å². The van der Waals surface area contributed by atoms with E-state index >= 15 is 0 Å². The summed E-state index contributed by atoms with van der Waals surface area (Å²) in [7, 11) is 1.54. The second-order valence-corrected chi connectivity index (χ2v) is 3.43. The number of anilines is 1. The Bertz CT molecular complexity index is 536. The fourth-order valence-electron chi connectivity index (χ4n) is 1.39. The predicted octanol–water partition coefficient (Wildman–Crippen LogP) is 1.09. The minimum atomic E-state index is -0.119. The first-order chi connectivity index (χ1) is 8.20. The van der Waals surface area contributed by atoms with E-state index in [4.69, 9.17) is 10.5 Å². The highest BCUT2D eigenvalue weighted by molar-refractivity contribution is 5.98. The molecule has 0 aliphatic rings. The van der Waals surface area contributed by atoms with E-state index in [0.717, 1.165) is 0 Å². The van der Waals surface area contributed by atoms with Gasteiger partial charge in [-0.1, -0.05) is 17.3 Å². The Hall–Kier alpha value is -2.37. The van der Waals surface area contributed by atoms with Gasteiger partial charge in [0.1, 0.15) is 11.4 Å². The number of methoxy groups -OCH3 is 1. The molecule has 0 atom stereocenters. The quantitative estimate of drug-likeness (QED) is 0.794. The number of ether oxygens (including phenoxy) is 1. The zero-order valence-electron chi connectivity index (χ0n) is 9.21. The molecule has 0 amide bonds. The Morgan fingerprint density at radius 2 is 2.29 bits per heavy atom. The summed E-state index contributed by atoms with van der Waals surface area (Å²) in [5, 5.41) is 6.97. The summed E-state index contributed by atoms with van der Waals surface area (Å²) in [4.78, 5) is 11.9. The number of ketones is 1. The number of aromatic nitrogens is 2. The molecule has 0 saturated carbocycles. The van der Waals surface area contributed by atoms with Gasteiger partial charge in [-0.2, -0.15) is 0 Å². The highest BCUT2D eigenvalue weighted by Crippen LogP contribution is 2.15. The van der Waals surface area contributed by atoms with Crippen molar-refractivity contribution < 1.29 is 14.2 Å². The summed E-state index contributed by atoms with van der Waals surface area (Å²) in [6.45, 7) is 0. The van der Waals surface area contributed by atoms with E-state index < -0.39 is 0 Å². The van der Waals surface area contributed by atoms with Gasteiger partial charge in [-0.15, -0.1) is 0 Å². The van der Waals surface area contributed by atoms with E-state index in [1.54, 1.807) is 31.4 Å². The molecular formula is C11H11N3O3. The Balaban J connectivity index is 2.17. The van der Waals surface area contributed by atoms with Gasteiger partial charge in [0.2, 0.25) is 0 Å². The second kappa shape index (κ2) is 4.65. The van der Waals surface area contributed by atoms with Crippen molar-refractivity contribution in [2.75, 3.05) is 12.8 Å². The number of carbonyl (C=O) groups is 1. The van der Waals surface area contributed by atoms with Crippen molar-refractivity contribution in [2.45, 2.75) is 6.42 Å². The largest absolute Gasteiger partial charge is 0.497 e. The molecule has 0 unspecified atom stereocenters. The zero-order chi connectivity index (χ0) is 12.3. The van der Waals surface area contributed by atoms with Gasteiger partial charge in [0.25, 0.3) is 0 Å². The van der Waals surface area contributed by atoms with E-state index in [-0.39, 0.29) is 18.0 Å². The van der Waals surface area contributed by atoms with Crippen LogP contribution in [0.2, 0.25) is 0 Å². The molecule has 6 heteroatoms. The molecule has 0 bridgehead atoms. The molecule has 1 aromatic carbocycles. The van der Waals surface area contributed by atoms with Gasteiger partial charge in [-0.3, -0.25) is 4.79 Å². The van der Waals surface area contributed by atoms with Gasteiger partial charge in [-0.05, 0) is 17.3 Å². The average molecular weight is 233 g/mol. The summed E-state index contributed by atoms with van der Waals surface area (Å²) in [6.07, 6.45) is 0.0580. The Morgan fingerprint density at radius 3 is 2.94 bits per heavy atom. The molecule has 0 aliphatic carbocycles. The molecule has 6 nitrogen and oxygen atoms in total. The highest BCUT2D eigenvalue weighted by Gasteiger charge is 2.13. The van der Waals surface area contributed by atoms with Crippen molar-refractivity contribution in [3.05, 3.63) is 35.5 Å². The van der Waals surface area contributed by atoms with Crippen LogP contribution in [0.5, 0.6) is 5.75 Å². The summed E-state index contributed by atoms with van der Waals surface area (Å²) >= 11 is 0. The summed E-state index contributed by atoms with van der Waals surface area (Å²) in [6, 6.07) is 6.87. The molecule has 0 fully saturated rings. The first-order valence-electron chi connectivity index (χ1n) is 4.95. The van der Waals surface area contributed by atoms with E-state index in [9.17, 15) is 4.79 Å². The molecular weight excluding hydrogens is 222 g/mol. The molecule has 0 radical (unpaired) electrons. The number of benzene rings is 1. The van der Waals surface area contributed by atoms with Gasteiger partial charge < -0.3 is 10.5 Å². The Morgan fingerprint density at radius 1 is 1.47 bits per heavy atom. The maximum atomic E-state index is 11.9. The third-order valence-corrected chi connectivity index (χ3v) is 2.31. The fraction of sp³-hybridized carbons (Fsp3) is 0.182. The van der Waals surface area contributed by atoms with Crippen molar-refractivity contribution in [3.63, 3.8) is 0 Å². The third-order valence-electron chi connectivity index (χ3n) is 2.31. The van der Waals surface area contributed by atoms with Gasteiger partial charge in [-0.25, -0.2) is 4.63 Å². The number of hydrogen-bond donors (Lipinski definition) is 1. The lowest BCUT2D eigenvalue weighted by molar-refractivity contribution is 0.0990. The van der Waals surface area contributed by atoms with E-state index in [1.165, 1.54) is 0 Å². The lowest BCUT2D eigenvalue weighted by Gasteiger charge is -2.02. The van der Waals surface area contributed by atoms with Crippen LogP contribution in [0.25, 0.3) is 0 Å². The van der Waals surface area contributed by atoms with Crippen LogP contribution in [0.4, 0.5) is 5.82 Å². The van der Waals surface area contributed by atoms with Crippen LogP contribution in [-0.2, 0) is 6.42 Å². The van der Waals surface area contributed by atoms with Crippen LogP contribution in [0.15, 0.2) is 28.9 Å². The van der Waals surface area contributed by atoms with Crippen LogP contribution in [0.3, 0.4) is 0 Å². The maximum Gasteiger partial charge on any atom is 0.191 e. The minimum Gasteiger partial charge on any atom is -0.497 e. The van der Waals surface area contributed by atoms with Gasteiger partial charge in [0.05, 0.1) is 13.5 Å². The molecule has 0 saturated heterocycles. The molecule has 17 heavy (non-hydrogen) atoms. The molecule has 0 spiro atoms. The van der Waals surface area contributed by atoms with Crippen molar-refractivity contribution in [2.24, 2.45) is 0 Å². The van der Waals surface area contributed by atoms with E-state index in [0.29, 0.717) is 17.0 Å². The zero-order valence-corrected chi connectivity index (χ0v) is 9.21. The van der Waals surface area contributed by atoms with Crippen molar-refractivity contribution >= 4 is 11.6 Å². The van der Waals surface area contributed by atoms with E-state index in [1.807, 2.05) is 0 Å². The third kappa shape index (κ3) is 2.41. The average Bonchev–Trinajstić information content (AvgIpc) is 2.75. The SMILES string of the molecule is COc1cccc(C(=O)Cc2nonc2N)c1. The number of rotatable bonds is 4. The number of hydrogen-bond acceptors (Lipinski definition) is 6. The number of nitrogen functional groups attached to an aromatic ring is 1.